The molecule has 0 radical (unpaired) electrons. The molecule has 8 nitrogen and oxygen atoms in total. The molecule has 4 rings (SSSR count). The van der Waals surface area contributed by atoms with Crippen LogP contribution in [0.25, 0.3) is 10.9 Å². The molecule has 30 heavy (non-hydrogen) atoms. The van der Waals surface area contributed by atoms with Crippen molar-refractivity contribution >= 4 is 28.6 Å². The molecule has 1 saturated carbocycles. The number of nitrogens with one attached hydrogen (secondary N) is 2. The maximum Gasteiger partial charge on any atom is 0.406 e. The Balaban J connectivity index is 1.54. The third kappa shape index (κ3) is 3.94. The van der Waals surface area contributed by atoms with Gasteiger partial charge >= 0.3 is 6.09 Å². The van der Waals surface area contributed by atoms with Crippen molar-refractivity contribution in [1.29, 1.82) is 0 Å². The maximum atomic E-state index is 13.4. The quantitative estimate of drug-likeness (QED) is 0.626. The molecular weight excluding hydrogens is 384 g/mol. The highest BCUT2D eigenvalue weighted by Crippen LogP contribution is 2.50. The lowest BCUT2D eigenvalue weighted by Crippen LogP contribution is -2.39. The summed E-state index contributed by atoms with van der Waals surface area (Å²) in [6.45, 7) is 0.601. The third-order valence-corrected chi connectivity index (χ3v) is 5.38. The minimum atomic E-state index is -0.527. The van der Waals surface area contributed by atoms with Gasteiger partial charge in [-0.05, 0) is 24.6 Å². The number of H-pyrrole nitrogens is 1. The van der Waals surface area contributed by atoms with E-state index in [0.29, 0.717) is 12.3 Å². The van der Waals surface area contributed by atoms with Crippen molar-refractivity contribution < 1.29 is 19.1 Å². The van der Waals surface area contributed by atoms with Crippen molar-refractivity contribution in [2.45, 2.75) is 12.3 Å². The molecule has 2 aromatic carbocycles. The molecule has 2 N–H and O–H groups in total. The van der Waals surface area contributed by atoms with E-state index in [9.17, 15) is 9.59 Å². The number of nitrogens with zero attached hydrogens (tertiary/aromatic N) is 2. The molecule has 0 aliphatic heterocycles. The van der Waals surface area contributed by atoms with Gasteiger partial charge in [-0.3, -0.25) is 9.89 Å². The second kappa shape index (κ2) is 8.44. The first-order valence-corrected chi connectivity index (χ1v) is 9.82. The normalized spacial score (nSPS) is 17.4. The molecule has 1 aliphatic rings. The van der Waals surface area contributed by atoms with Crippen LogP contribution in [0.2, 0.25) is 0 Å². The van der Waals surface area contributed by atoms with Gasteiger partial charge in [0.05, 0.1) is 25.4 Å². The number of ether oxygens (including phenoxy) is 2. The lowest BCUT2D eigenvalue weighted by atomic mass is 10.1. The number of benzene rings is 2. The van der Waals surface area contributed by atoms with Crippen LogP contribution in [0.5, 0.6) is 5.75 Å². The monoisotopic (exact) mass is 408 g/mol. The molecule has 2 amide bonds. The van der Waals surface area contributed by atoms with E-state index in [1.54, 1.807) is 12.0 Å². The third-order valence-electron chi connectivity index (χ3n) is 5.38. The number of fused-ring (bicyclic) bond motifs is 1. The number of hydrogen-bond acceptors (Lipinski definition) is 5. The van der Waals surface area contributed by atoms with Gasteiger partial charge in [-0.2, -0.15) is 5.10 Å². The Morgan fingerprint density at radius 2 is 2.03 bits per heavy atom. The fraction of sp³-hybridized carbons (Fsp3) is 0.318. The van der Waals surface area contributed by atoms with E-state index in [-0.39, 0.29) is 24.3 Å². The van der Waals surface area contributed by atoms with Crippen molar-refractivity contribution in [3.63, 3.8) is 0 Å². The maximum absolute atomic E-state index is 13.4. The zero-order chi connectivity index (χ0) is 21.1. The summed E-state index contributed by atoms with van der Waals surface area (Å²) in [5, 5.41) is 11.2. The van der Waals surface area contributed by atoms with Gasteiger partial charge < -0.3 is 19.7 Å². The molecule has 0 bridgehead atoms. The molecule has 2 atom stereocenters. The van der Waals surface area contributed by atoms with Crippen LogP contribution in [0.3, 0.4) is 0 Å². The van der Waals surface area contributed by atoms with Crippen molar-refractivity contribution in [2.75, 3.05) is 32.2 Å². The number of para-hydroxylation sites is 1. The number of hydrogen-bond donors (Lipinski definition) is 2. The number of rotatable bonds is 7. The summed E-state index contributed by atoms with van der Waals surface area (Å²) in [5.41, 5.74) is 2.63. The molecule has 1 aliphatic carbocycles. The van der Waals surface area contributed by atoms with E-state index in [1.807, 2.05) is 48.5 Å². The van der Waals surface area contributed by atoms with E-state index < -0.39 is 6.09 Å². The number of amides is 2. The number of carbonyl (C=O) groups is 2. The predicted molar refractivity (Wildman–Crippen MR) is 113 cm³/mol. The van der Waals surface area contributed by atoms with Crippen LogP contribution >= 0.6 is 0 Å². The van der Waals surface area contributed by atoms with Crippen LogP contribution in [0.1, 0.15) is 18.0 Å². The highest BCUT2D eigenvalue weighted by atomic mass is 16.5. The Hall–Kier alpha value is -3.55. The first-order valence-electron chi connectivity index (χ1n) is 9.82. The Kier molecular flexibility index (Phi) is 5.56. The van der Waals surface area contributed by atoms with Crippen LogP contribution in [0, 0.1) is 5.92 Å². The van der Waals surface area contributed by atoms with Crippen LogP contribution in [0.4, 0.5) is 10.5 Å². The van der Waals surface area contributed by atoms with Crippen molar-refractivity contribution in [1.82, 2.24) is 15.5 Å². The van der Waals surface area contributed by atoms with Gasteiger partial charge in [-0.1, -0.05) is 24.3 Å². The Morgan fingerprint density at radius 1 is 1.20 bits per heavy atom. The number of methoxy groups -OCH3 is 2. The summed E-state index contributed by atoms with van der Waals surface area (Å²) in [7, 11) is 2.90. The van der Waals surface area contributed by atoms with Crippen molar-refractivity contribution in [3.8, 4) is 5.75 Å². The lowest BCUT2D eigenvalue weighted by Gasteiger charge is -2.23. The molecule has 156 valence electrons. The molecule has 0 saturated heterocycles. The molecular formula is C22H24N4O4. The van der Waals surface area contributed by atoms with Crippen LogP contribution in [-0.4, -0.2) is 49.5 Å². The zero-order valence-electron chi connectivity index (χ0n) is 16.9. The number of carbonyl (C=O) groups excluding carboxylic acids is 2. The first kappa shape index (κ1) is 19.8. The van der Waals surface area contributed by atoms with Gasteiger partial charge in [0.1, 0.15) is 5.75 Å². The fourth-order valence-electron chi connectivity index (χ4n) is 3.72. The van der Waals surface area contributed by atoms with Gasteiger partial charge in [0, 0.05) is 42.1 Å². The average Bonchev–Trinajstić information content (AvgIpc) is 3.47. The van der Waals surface area contributed by atoms with E-state index in [1.165, 1.54) is 7.11 Å². The number of anilines is 1. The lowest BCUT2D eigenvalue weighted by molar-refractivity contribution is -0.119. The molecule has 2 unspecified atom stereocenters. The fourth-order valence-corrected chi connectivity index (χ4v) is 3.72. The summed E-state index contributed by atoms with van der Waals surface area (Å²) in [5.74, 6) is 0.597. The van der Waals surface area contributed by atoms with Gasteiger partial charge in [0.25, 0.3) is 0 Å². The molecule has 0 spiro atoms. The Labute approximate surface area is 174 Å². The minimum absolute atomic E-state index is 0.00648. The van der Waals surface area contributed by atoms with E-state index >= 15 is 0 Å². The number of aromatic amines is 1. The second-order valence-corrected chi connectivity index (χ2v) is 7.21. The molecule has 1 fully saturated rings. The Bertz CT molecular complexity index is 1060. The van der Waals surface area contributed by atoms with Crippen molar-refractivity contribution in [2.24, 2.45) is 5.92 Å². The summed E-state index contributed by atoms with van der Waals surface area (Å²) in [6, 6.07) is 15.3. The second-order valence-electron chi connectivity index (χ2n) is 7.21. The largest absolute Gasteiger partial charge is 0.497 e. The van der Waals surface area contributed by atoms with Gasteiger partial charge in [-0.15, -0.1) is 0 Å². The van der Waals surface area contributed by atoms with Crippen LogP contribution < -0.4 is 15.0 Å². The summed E-state index contributed by atoms with van der Waals surface area (Å²) in [4.78, 5) is 26.5. The van der Waals surface area contributed by atoms with Gasteiger partial charge in [0.2, 0.25) is 5.91 Å². The van der Waals surface area contributed by atoms with Gasteiger partial charge in [-0.25, -0.2) is 4.79 Å². The number of alkyl carbamates (subject to hydrolysis) is 1. The predicted octanol–water partition coefficient (Wildman–Crippen LogP) is 3.06. The van der Waals surface area contributed by atoms with Crippen molar-refractivity contribution in [3.05, 3.63) is 54.2 Å². The van der Waals surface area contributed by atoms with E-state index in [0.717, 1.165) is 28.7 Å². The summed E-state index contributed by atoms with van der Waals surface area (Å²) >= 11 is 0. The SMILES string of the molecule is COC(=O)NCCN(C(=O)C1CC1c1n[nH]c2ccccc12)c1cccc(OC)c1. The molecule has 1 aromatic heterocycles. The smallest absolute Gasteiger partial charge is 0.406 e. The van der Waals surface area contributed by atoms with E-state index in [2.05, 4.69) is 20.3 Å². The Morgan fingerprint density at radius 3 is 2.83 bits per heavy atom. The average molecular weight is 408 g/mol. The summed E-state index contributed by atoms with van der Waals surface area (Å²) < 4.78 is 9.92. The zero-order valence-corrected chi connectivity index (χ0v) is 16.9. The molecule has 3 aromatic rings. The summed E-state index contributed by atoms with van der Waals surface area (Å²) in [6.07, 6.45) is 0.221. The number of aromatic nitrogens is 2. The molecule has 1 heterocycles. The topological polar surface area (TPSA) is 96.5 Å². The molecule has 8 heteroatoms. The van der Waals surface area contributed by atoms with Gasteiger partial charge in [0.15, 0.2) is 0 Å². The first-order chi connectivity index (χ1) is 14.6. The van der Waals surface area contributed by atoms with Crippen LogP contribution in [-0.2, 0) is 9.53 Å². The highest BCUT2D eigenvalue weighted by Gasteiger charge is 2.48. The van der Waals surface area contributed by atoms with Crippen LogP contribution in [0.15, 0.2) is 48.5 Å². The minimum Gasteiger partial charge on any atom is -0.497 e. The standard InChI is InChI=1S/C22H24N4O4/c1-29-15-7-5-6-14(12-15)26(11-10-23-22(28)30-2)21(27)18-13-17(18)20-16-8-3-4-9-19(16)24-25-20/h3-9,12,17-18H,10-11,13H2,1-2H3,(H,23,28)(H,24,25). The highest BCUT2D eigenvalue weighted by molar-refractivity contribution is 5.98. The van der Waals surface area contributed by atoms with E-state index in [4.69, 9.17) is 4.74 Å².